The smallest absolute Gasteiger partial charge is 0.417 e. The van der Waals surface area contributed by atoms with E-state index in [0.717, 1.165) is 117 Å². The molecule has 0 radical (unpaired) electrons. The summed E-state index contributed by atoms with van der Waals surface area (Å²) in [4.78, 5) is 0. The number of nitrogens with one attached hydrogen (secondary N) is 5. The molecule has 8 aromatic rings. The lowest BCUT2D eigenvalue weighted by Crippen LogP contribution is -2.38. The van der Waals surface area contributed by atoms with Crippen LogP contribution >= 0.6 is 34.8 Å². The summed E-state index contributed by atoms with van der Waals surface area (Å²) in [7, 11) is 7.22. The molecule has 8 rings (SSSR count). The van der Waals surface area contributed by atoms with Gasteiger partial charge in [0.25, 0.3) is 0 Å². The van der Waals surface area contributed by atoms with Crippen LogP contribution in [0.3, 0.4) is 0 Å². The molecule has 0 aromatic heterocycles. The van der Waals surface area contributed by atoms with E-state index < -0.39 is 76.0 Å². The first-order chi connectivity index (χ1) is 58.4. The van der Waals surface area contributed by atoms with Crippen LogP contribution in [0.4, 0.5) is 79.0 Å². The number of alkyl halides is 18. The summed E-state index contributed by atoms with van der Waals surface area (Å²) >= 11 is 17.5. The molecule has 0 aliphatic heterocycles. The van der Waals surface area contributed by atoms with E-state index in [1.165, 1.54) is 36.4 Å². The predicted octanol–water partition coefficient (Wildman–Crippen LogP) is 22.2. The molecule has 0 bridgehead atoms. The third kappa shape index (κ3) is 45.9. The number of hydrogen-bond acceptors (Lipinski definition) is 16. The van der Waals surface area contributed by atoms with Gasteiger partial charge in [-0.2, -0.15) is 79.0 Å². The van der Waals surface area contributed by atoms with Gasteiger partial charge in [0, 0.05) is 67.4 Å². The molecule has 0 aliphatic rings. The number of nitrogens with two attached hydrogens (primary N) is 3. The molecule has 0 saturated heterocycles. The number of aryl methyl sites for hydroxylation is 10. The highest BCUT2D eigenvalue weighted by molar-refractivity contribution is 6.32. The van der Waals surface area contributed by atoms with Gasteiger partial charge < -0.3 is 81.7 Å². The minimum absolute atomic E-state index is 0.249. The van der Waals surface area contributed by atoms with Crippen LogP contribution in [0.2, 0.25) is 15.1 Å². The second-order valence-corrected chi connectivity index (χ2v) is 30.3. The van der Waals surface area contributed by atoms with Gasteiger partial charge in [-0.1, -0.05) is 60.8 Å². The molecule has 0 spiro atoms. The largest absolute Gasteiger partial charge is 0.492 e. The molecule has 37 heteroatoms. The second kappa shape index (κ2) is 56.0. The van der Waals surface area contributed by atoms with Crippen LogP contribution in [-0.2, 0) is 37.1 Å². The SMILES string of the molecule is CNCCOc1cc(Cl)c(C(F)(F)F)cc1C.CNCCOc1cc(Cl)c(C)cc1C.CNCCOc1ccc(C(F)(F)F)cc1C.CNCCOc1ccc(C(F)(F)F)cc1C.Cc1cc(C(F)(F)F)ccc1OCC(C)(C)N.Cc1cc(C(F)(F)F)ccc1OCCN.Cc1cc(C(F)(F)F)ccc1OCCNC(C)C.Cc1cc(C)c(OCCN)cc1Cl. The normalized spacial score (nSPS) is 11.5. The van der Waals surface area contributed by atoms with Crippen molar-refractivity contribution in [1.82, 2.24) is 26.6 Å². The molecular formula is C89H117Cl3F18N8O8. The molecule has 0 fully saturated rings. The fourth-order valence-corrected chi connectivity index (χ4v) is 10.6. The molecule has 0 saturated carbocycles. The number of halogens is 21. The first kappa shape index (κ1) is 115. The number of likely N-dealkylation sites (N-methyl/N-ethyl adjacent to an activating group) is 4. The molecule has 708 valence electrons. The molecule has 16 nitrogen and oxygen atoms in total. The number of rotatable bonds is 30. The first-order valence-electron chi connectivity index (χ1n) is 39.2. The van der Waals surface area contributed by atoms with Gasteiger partial charge in [0.05, 0.1) is 38.4 Å². The van der Waals surface area contributed by atoms with Crippen molar-refractivity contribution >= 4 is 34.8 Å². The molecule has 0 atom stereocenters. The summed E-state index contributed by atoms with van der Waals surface area (Å²) in [5, 5.41) is 16.0. The zero-order chi connectivity index (χ0) is 96.3. The highest BCUT2D eigenvalue weighted by Crippen LogP contribution is 2.41. The third-order valence-electron chi connectivity index (χ3n) is 16.7. The van der Waals surface area contributed by atoms with Gasteiger partial charge in [-0.3, -0.25) is 0 Å². The van der Waals surface area contributed by atoms with Crippen LogP contribution in [0.25, 0.3) is 0 Å². The molecule has 0 heterocycles. The van der Waals surface area contributed by atoms with E-state index in [1.54, 1.807) is 76.5 Å². The van der Waals surface area contributed by atoms with Crippen molar-refractivity contribution in [2.75, 3.05) is 127 Å². The lowest BCUT2D eigenvalue weighted by atomic mass is 10.1. The summed E-state index contributed by atoms with van der Waals surface area (Å²) in [6.45, 7) is 32.8. The van der Waals surface area contributed by atoms with Gasteiger partial charge in [0.15, 0.2) is 0 Å². The van der Waals surface area contributed by atoms with Crippen molar-refractivity contribution in [3.8, 4) is 46.0 Å². The van der Waals surface area contributed by atoms with Crippen LogP contribution in [-0.4, -0.2) is 138 Å². The zero-order valence-electron chi connectivity index (χ0n) is 73.7. The Labute approximate surface area is 741 Å². The lowest BCUT2D eigenvalue weighted by molar-refractivity contribution is -0.138. The van der Waals surface area contributed by atoms with Crippen molar-refractivity contribution < 1.29 is 117 Å². The van der Waals surface area contributed by atoms with E-state index in [9.17, 15) is 79.0 Å². The highest BCUT2D eigenvalue weighted by Gasteiger charge is 2.36. The Kier molecular flexibility index (Phi) is 51.3. The monoisotopic (exact) mass is 1870 g/mol. The fraction of sp³-hybridized carbons (Fsp3) is 0.461. The molecule has 0 amide bonds. The van der Waals surface area contributed by atoms with E-state index >= 15 is 0 Å². The molecule has 11 N–H and O–H groups in total. The second-order valence-electron chi connectivity index (χ2n) is 29.0. The van der Waals surface area contributed by atoms with Gasteiger partial charge in [-0.15, -0.1) is 0 Å². The first-order valence-corrected chi connectivity index (χ1v) is 40.4. The average molecular weight is 1880 g/mol. The molecular weight excluding hydrogens is 1760 g/mol. The van der Waals surface area contributed by atoms with Crippen LogP contribution < -0.4 is 81.7 Å². The van der Waals surface area contributed by atoms with Gasteiger partial charge in [0.1, 0.15) is 98.9 Å². The van der Waals surface area contributed by atoms with E-state index in [4.69, 9.17) is 89.9 Å². The van der Waals surface area contributed by atoms with Gasteiger partial charge in [-0.25, -0.2) is 0 Å². The Bertz CT molecular complexity index is 4440. The highest BCUT2D eigenvalue weighted by atomic mass is 35.5. The molecule has 8 aromatic carbocycles. The summed E-state index contributed by atoms with van der Waals surface area (Å²) in [5.41, 5.74) is 18.8. The standard InChI is InChI=1S/C13H18F3NO.C12H16F3NO.C11H13ClF3NO.C11H16ClNO.2C11H14F3NO.C10H14ClNO.C10H12F3NO/c1-9(2)17-6-7-18-12-5-4-11(8-10(12)3)13(14,15)16;1-8-6-9(12(13,14)15)4-5-10(8)17-7-11(2,3)16;1-7-5-8(11(13,14)15)9(12)6-10(7)17-4-3-16-2;1-8-6-9(2)11(7-10(8)12)14-5-4-13-3;2*1-8-7-9(11(12,13)14)3-4-10(8)16-6-5-15-2;1-7-5-8(2)10(6-9(7)11)13-4-3-12;1-7-6-8(10(11,12)13)2-3-9(7)15-5-4-14/h4-5,8-9,17H,6-7H2,1-3H3;4-6H,7,16H2,1-3H3;5-6,16H,3-4H2,1-2H3;6-7,13H,4-5H2,1-3H3;2*3-4,7,15H,5-6H2,1-2H3;5-6H,3-4,12H2,1-2H3;2-3,6H,4-5,14H2,1H3. The lowest BCUT2D eigenvalue weighted by Gasteiger charge is -2.20. The van der Waals surface area contributed by atoms with Crippen molar-refractivity contribution in [1.29, 1.82) is 0 Å². The topological polar surface area (TPSA) is 212 Å². The maximum Gasteiger partial charge on any atom is 0.417 e. The van der Waals surface area contributed by atoms with Crippen LogP contribution in [0.1, 0.15) is 117 Å². The van der Waals surface area contributed by atoms with E-state index in [1.807, 2.05) is 72.9 Å². The van der Waals surface area contributed by atoms with Crippen molar-refractivity contribution in [3.63, 3.8) is 0 Å². The maximum absolute atomic E-state index is 12.5. The van der Waals surface area contributed by atoms with Crippen LogP contribution in [0.15, 0.2) is 127 Å². The zero-order valence-corrected chi connectivity index (χ0v) is 76.0. The number of benzene rings is 8. The fourth-order valence-electron chi connectivity index (χ4n) is 10.1. The van der Waals surface area contributed by atoms with Crippen molar-refractivity contribution in [2.45, 2.75) is 146 Å². The van der Waals surface area contributed by atoms with E-state index in [-0.39, 0.29) is 11.6 Å². The Hall–Kier alpha value is -8.55. The summed E-state index contributed by atoms with van der Waals surface area (Å²) in [6.07, 6.45) is -26.0. The predicted molar refractivity (Wildman–Crippen MR) is 463 cm³/mol. The Morgan fingerprint density at radius 2 is 0.508 bits per heavy atom. The number of hydrogen-bond donors (Lipinski definition) is 8. The van der Waals surface area contributed by atoms with Gasteiger partial charge in [-0.05, 0) is 282 Å². The summed E-state index contributed by atoms with van der Waals surface area (Å²) < 4.78 is 266. The molecule has 126 heavy (non-hydrogen) atoms. The van der Waals surface area contributed by atoms with E-state index in [0.29, 0.717) is 159 Å². The Morgan fingerprint density at radius 3 is 0.738 bits per heavy atom. The Morgan fingerprint density at radius 1 is 0.286 bits per heavy atom. The van der Waals surface area contributed by atoms with Gasteiger partial charge >= 0.3 is 37.1 Å². The van der Waals surface area contributed by atoms with Crippen LogP contribution in [0.5, 0.6) is 46.0 Å². The minimum atomic E-state index is -4.44. The Balaban J connectivity index is 0.000000721. The summed E-state index contributed by atoms with van der Waals surface area (Å²) in [6, 6.07) is 27.6. The van der Waals surface area contributed by atoms with Crippen LogP contribution in [0, 0.1) is 69.2 Å². The molecule has 0 unspecified atom stereocenters. The van der Waals surface area contributed by atoms with Gasteiger partial charge in [0.2, 0.25) is 0 Å². The average Bonchev–Trinajstić information content (AvgIpc) is 0.799. The maximum atomic E-state index is 12.5. The molecule has 0 aliphatic carbocycles. The summed E-state index contributed by atoms with van der Waals surface area (Å²) in [5.74, 6) is 4.40. The minimum Gasteiger partial charge on any atom is -0.492 e. The van der Waals surface area contributed by atoms with E-state index in [2.05, 4.69) is 26.6 Å². The van der Waals surface area contributed by atoms with Crippen molar-refractivity contribution in [3.05, 3.63) is 231 Å². The van der Waals surface area contributed by atoms with Crippen molar-refractivity contribution in [2.24, 2.45) is 17.2 Å². The number of ether oxygens (including phenoxy) is 8. The quantitative estimate of drug-likeness (QED) is 0.0155. The third-order valence-corrected chi connectivity index (χ3v) is 17.8.